The highest BCUT2D eigenvalue weighted by Gasteiger charge is 2.58. The Bertz CT molecular complexity index is 777. The molecule has 9 nitrogen and oxygen atoms in total. The van der Waals surface area contributed by atoms with Gasteiger partial charge in [-0.15, -0.1) is 0 Å². The van der Waals surface area contributed by atoms with Crippen molar-refractivity contribution in [1.82, 2.24) is 9.63 Å². The summed E-state index contributed by atoms with van der Waals surface area (Å²) in [6.07, 6.45) is -0.945. The van der Waals surface area contributed by atoms with Crippen LogP contribution in [0, 0.1) is 0 Å². The fourth-order valence-corrected chi connectivity index (χ4v) is 3.51. The largest absolute Gasteiger partial charge is 0.341 e. The van der Waals surface area contributed by atoms with Crippen molar-refractivity contribution in [2.75, 3.05) is 21.2 Å². The maximum atomic E-state index is 12.7. The number of rotatable bonds is 5. The van der Waals surface area contributed by atoms with E-state index in [1.165, 1.54) is 14.2 Å². The van der Waals surface area contributed by atoms with Crippen molar-refractivity contribution in [1.29, 1.82) is 0 Å². The first-order valence-corrected chi connectivity index (χ1v) is 8.75. The van der Waals surface area contributed by atoms with Gasteiger partial charge in [-0.3, -0.25) is 14.6 Å². The smallest absolute Gasteiger partial charge is 0.277 e. The second kappa shape index (κ2) is 7.33. The molecule has 10 heteroatoms. The van der Waals surface area contributed by atoms with Crippen molar-refractivity contribution < 1.29 is 23.8 Å². The summed E-state index contributed by atoms with van der Waals surface area (Å²) < 4.78 is 19.7. The second-order valence-corrected chi connectivity index (χ2v) is 7.02. The van der Waals surface area contributed by atoms with E-state index in [4.69, 9.17) is 30.6 Å². The van der Waals surface area contributed by atoms with Gasteiger partial charge >= 0.3 is 0 Å². The first-order valence-electron chi connectivity index (χ1n) is 8.37. The van der Waals surface area contributed by atoms with E-state index in [1.807, 2.05) is 0 Å². The van der Waals surface area contributed by atoms with Crippen molar-refractivity contribution in [3.8, 4) is 0 Å². The Morgan fingerprint density at radius 3 is 2.67 bits per heavy atom. The quantitative estimate of drug-likeness (QED) is 0.558. The third-order valence-electron chi connectivity index (χ3n) is 4.59. The average Bonchev–Trinajstić information content (AvgIpc) is 3.29. The molecule has 1 aromatic heterocycles. The highest BCUT2D eigenvalue weighted by molar-refractivity contribution is 6.70. The highest BCUT2D eigenvalue weighted by Crippen LogP contribution is 2.45. The number of halogens is 1. The fraction of sp³-hybridized carbons (Fsp3) is 0.588. The molecule has 0 N–H and O–H groups in total. The van der Waals surface area contributed by atoms with Gasteiger partial charge < -0.3 is 18.8 Å². The van der Waals surface area contributed by atoms with Crippen molar-refractivity contribution in [3.63, 3.8) is 0 Å². The van der Waals surface area contributed by atoms with E-state index in [0.717, 1.165) is 5.06 Å². The SMILES string of the molecule is C=Nc1c(/C(Cl)=N\C)ccn1[C@@H]1O[C@H](C(=O)N(C)OC)[C@H]2OC(C)(C)O[C@H]21. The van der Waals surface area contributed by atoms with Crippen LogP contribution in [-0.2, 0) is 23.8 Å². The number of likely N-dealkylation sites (N-methyl/N-ethyl adjacent to an activating group) is 1. The zero-order valence-corrected chi connectivity index (χ0v) is 16.6. The van der Waals surface area contributed by atoms with Crippen molar-refractivity contribution in [3.05, 3.63) is 17.8 Å². The highest BCUT2D eigenvalue weighted by atomic mass is 35.5. The molecule has 0 radical (unpaired) electrons. The van der Waals surface area contributed by atoms with Crippen LogP contribution >= 0.6 is 11.6 Å². The van der Waals surface area contributed by atoms with Gasteiger partial charge in [0.1, 0.15) is 23.2 Å². The lowest BCUT2D eigenvalue weighted by Gasteiger charge is -2.26. The summed E-state index contributed by atoms with van der Waals surface area (Å²) in [5.41, 5.74) is 0.608. The van der Waals surface area contributed by atoms with Crippen LogP contribution in [0.2, 0.25) is 0 Å². The zero-order chi connectivity index (χ0) is 19.9. The van der Waals surface area contributed by atoms with Gasteiger partial charge in [-0.2, -0.15) is 0 Å². The van der Waals surface area contributed by atoms with E-state index in [-0.39, 0.29) is 5.91 Å². The molecule has 148 valence electrons. The number of carbonyl (C=O) groups is 1. The number of nitrogens with zero attached hydrogens (tertiary/aromatic N) is 4. The minimum Gasteiger partial charge on any atom is -0.341 e. The van der Waals surface area contributed by atoms with Crippen LogP contribution < -0.4 is 0 Å². The first kappa shape index (κ1) is 20.0. The molecule has 0 aromatic carbocycles. The Kier molecular flexibility index (Phi) is 5.42. The molecular weight excluding hydrogens is 376 g/mol. The predicted octanol–water partition coefficient (Wildman–Crippen LogP) is 1.87. The van der Waals surface area contributed by atoms with Crippen molar-refractivity contribution in [2.45, 2.75) is 44.2 Å². The summed E-state index contributed by atoms with van der Waals surface area (Å²) >= 11 is 6.17. The van der Waals surface area contributed by atoms with Crippen LogP contribution in [0.5, 0.6) is 0 Å². The van der Waals surface area contributed by atoms with Gasteiger partial charge in [0.05, 0.1) is 12.7 Å². The molecule has 0 unspecified atom stereocenters. The maximum Gasteiger partial charge on any atom is 0.277 e. The lowest BCUT2D eigenvalue weighted by atomic mass is 10.1. The van der Waals surface area contributed by atoms with E-state index in [1.54, 1.807) is 37.7 Å². The van der Waals surface area contributed by atoms with E-state index in [0.29, 0.717) is 16.6 Å². The van der Waals surface area contributed by atoms with Crippen LogP contribution in [0.4, 0.5) is 5.82 Å². The van der Waals surface area contributed by atoms with Gasteiger partial charge in [-0.1, -0.05) is 11.6 Å². The van der Waals surface area contributed by atoms with Crippen LogP contribution in [0.15, 0.2) is 22.2 Å². The van der Waals surface area contributed by atoms with Crippen LogP contribution in [0.25, 0.3) is 0 Å². The minimum atomic E-state index is -0.898. The summed E-state index contributed by atoms with van der Waals surface area (Å²) in [5.74, 6) is -0.761. The molecule has 2 saturated heterocycles. The molecule has 3 rings (SSSR count). The van der Waals surface area contributed by atoms with Crippen molar-refractivity contribution >= 4 is 35.2 Å². The third kappa shape index (κ3) is 3.41. The summed E-state index contributed by atoms with van der Waals surface area (Å²) in [6.45, 7) is 7.20. The van der Waals surface area contributed by atoms with E-state index in [9.17, 15) is 4.79 Å². The lowest BCUT2D eigenvalue weighted by molar-refractivity contribution is -0.211. The molecule has 1 amide bonds. The van der Waals surface area contributed by atoms with Gasteiger partial charge in [0.2, 0.25) is 0 Å². The molecule has 2 fully saturated rings. The van der Waals surface area contributed by atoms with E-state index in [2.05, 4.69) is 16.7 Å². The number of hydrogen-bond acceptors (Lipinski definition) is 7. The number of carbonyl (C=O) groups excluding carboxylic acids is 1. The Balaban J connectivity index is 2.00. The Hall–Kier alpha value is -1.78. The van der Waals surface area contributed by atoms with Crippen LogP contribution in [0.1, 0.15) is 25.6 Å². The molecule has 0 saturated carbocycles. The maximum absolute atomic E-state index is 12.7. The van der Waals surface area contributed by atoms with Crippen LogP contribution in [0.3, 0.4) is 0 Å². The molecule has 2 aliphatic heterocycles. The predicted molar refractivity (Wildman–Crippen MR) is 99.5 cm³/mol. The standard InChI is InChI=1S/C17H23ClN4O5/c1-17(2)26-10-11(15(23)21(5)24-6)25-16(12(10)27-17)22-8-7-9(13(18)19-3)14(22)20-4/h7-8,10-12,16H,4H2,1-3,5-6H3/b19-13+/t10-,11+,12-,16-/m1/s1. The Morgan fingerprint density at radius 2 is 2.07 bits per heavy atom. The number of aromatic nitrogens is 1. The molecule has 0 aliphatic carbocycles. The van der Waals surface area contributed by atoms with Gasteiger partial charge in [-0.05, 0) is 26.6 Å². The van der Waals surface area contributed by atoms with E-state index < -0.39 is 30.3 Å². The second-order valence-electron chi connectivity index (χ2n) is 6.66. The summed E-state index contributed by atoms with van der Waals surface area (Å²) in [6, 6.07) is 1.76. The van der Waals surface area contributed by atoms with Gasteiger partial charge in [0.25, 0.3) is 5.91 Å². The summed E-state index contributed by atoms with van der Waals surface area (Å²) in [7, 11) is 4.50. The molecule has 4 atom stereocenters. The van der Waals surface area contributed by atoms with Crippen molar-refractivity contribution in [2.24, 2.45) is 9.98 Å². The molecule has 3 heterocycles. The molecule has 27 heavy (non-hydrogen) atoms. The number of hydroxylamine groups is 2. The molecule has 0 bridgehead atoms. The summed E-state index contributed by atoms with van der Waals surface area (Å²) in [4.78, 5) is 25.7. The lowest BCUT2D eigenvalue weighted by Crippen LogP contribution is -2.43. The van der Waals surface area contributed by atoms with Gasteiger partial charge in [0.15, 0.2) is 18.1 Å². The number of amides is 1. The average molecular weight is 399 g/mol. The number of hydrogen-bond donors (Lipinski definition) is 0. The Morgan fingerprint density at radius 1 is 1.41 bits per heavy atom. The topological polar surface area (TPSA) is 86.9 Å². The van der Waals surface area contributed by atoms with Gasteiger partial charge in [0, 0.05) is 20.3 Å². The minimum absolute atomic E-state index is 0.293. The van der Waals surface area contributed by atoms with E-state index >= 15 is 0 Å². The number of aliphatic imine (C=N–C) groups is 2. The monoisotopic (exact) mass is 398 g/mol. The fourth-order valence-electron chi connectivity index (χ4n) is 3.36. The molecular formula is C17H23ClN4O5. The molecule has 2 aliphatic rings. The van der Waals surface area contributed by atoms with Gasteiger partial charge in [-0.25, -0.2) is 10.1 Å². The Labute approximate surface area is 162 Å². The normalized spacial score (nSPS) is 29.6. The molecule has 0 spiro atoms. The molecule has 1 aromatic rings. The number of fused-ring (bicyclic) bond motifs is 1. The number of ether oxygens (including phenoxy) is 3. The third-order valence-corrected chi connectivity index (χ3v) is 4.96. The summed E-state index contributed by atoms with van der Waals surface area (Å²) in [5, 5.41) is 1.40. The zero-order valence-electron chi connectivity index (χ0n) is 15.9. The first-order chi connectivity index (χ1) is 12.7. The van der Waals surface area contributed by atoms with Crippen LogP contribution in [-0.4, -0.2) is 72.7 Å².